The number of nitrogens with zero attached hydrogens (tertiary/aromatic N) is 2. The van der Waals surface area contributed by atoms with Gasteiger partial charge in [-0.15, -0.1) is 6.58 Å². The SMILES string of the molecule is C=CCNC(=O)C(=O)C(CCC)NC(=O)[C@@H]1[C@@H]2[C@H](CN1C(=O)[C@@H](NC(=O)N[C@@H](CN(C)C(=O)C1CC1)C(C)(C)C)C(C)(C)C)C2(C)C. The molecule has 0 aromatic rings. The normalized spacial score (nSPS) is 23.4. The third-order valence-electron chi connectivity index (χ3n) is 10.1. The second-order valence-electron chi connectivity index (χ2n) is 16.4. The van der Waals surface area contributed by atoms with Gasteiger partial charge in [0.2, 0.25) is 23.5 Å². The van der Waals surface area contributed by atoms with Crippen molar-refractivity contribution in [3.8, 4) is 0 Å². The summed E-state index contributed by atoms with van der Waals surface area (Å²) in [6.45, 7) is 21.9. The fourth-order valence-corrected chi connectivity index (χ4v) is 6.73. The van der Waals surface area contributed by atoms with E-state index in [0.717, 1.165) is 12.8 Å². The van der Waals surface area contributed by atoms with Gasteiger partial charge in [0.25, 0.3) is 5.91 Å². The van der Waals surface area contributed by atoms with Crippen LogP contribution in [0, 0.1) is 34.0 Å². The Morgan fingerprint density at radius 3 is 2.11 bits per heavy atom. The van der Waals surface area contributed by atoms with E-state index in [1.807, 2.05) is 48.5 Å². The van der Waals surface area contributed by atoms with Crippen LogP contribution >= 0.6 is 0 Å². The van der Waals surface area contributed by atoms with Crippen LogP contribution in [0.25, 0.3) is 0 Å². The van der Waals surface area contributed by atoms with Crippen molar-refractivity contribution < 1.29 is 28.8 Å². The Balaban J connectivity index is 1.80. The van der Waals surface area contributed by atoms with Crippen molar-refractivity contribution in [2.75, 3.05) is 26.7 Å². The Bertz CT molecular complexity index is 1250. The van der Waals surface area contributed by atoms with Gasteiger partial charge in [0.1, 0.15) is 12.1 Å². The van der Waals surface area contributed by atoms with Crippen LogP contribution < -0.4 is 21.3 Å². The van der Waals surface area contributed by atoms with Gasteiger partial charge in [0.05, 0.1) is 12.1 Å². The minimum absolute atomic E-state index is 0.0592. The molecule has 6 atom stereocenters. The lowest BCUT2D eigenvalue weighted by Gasteiger charge is -2.39. The molecule has 0 radical (unpaired) electrons. The lowest BCUT2D eigenvalue weighted by molar-refractivity contribution is -0.145. The predicted molar refractivity (Wildman–Crippen MR) is 180 cm³/mol. The zero-order valence-electron chi connectivity index (χ0n) is 30.1. The highest BCUT2D eigenvalue weighted by atomic mass is 16.2. The number of Topliss-reactive ketones (excluding diaryl/α,β-unsaturated/α-hetero) is 1. The molecule has 4 N–H and O–H groups in total. The Morgan fingerprint density at radius 2 is 1.60 bits per heavy atom. The van der Waals surface area contributed by atoms with Crippen LogP contribution in [0.4, 0.5) is 4.79 Å². The molecule has 264 valence electrons. The third kappa shape index (κ3) is 8.93. The molecule has 12 heteroatoms. The molecule has 0 bridgehead atoms. The van der Waals surface area contributed by atoms with Gasteiger partial charge >= 0.3 is 6.03 Å². The molecule has 0 aromatic carbocycles. The first-order valence-electron chi connectivity index (χ1n) is 17.0. The first kappa shape index (κ1) is 38.0. The van der Waals surface area contributed by atoms with Gasteiger partial charge in [-0.25, -0.2) is 4.79 Å². The number of amides is 6. The quantitative estimate of drug-likeness (QED) is 0.166. The Kier molecular flexibility index (Phi) is 11.6. The molecule has 3 rings (SSSR count). The van der Waals surface area contributed by atoms with Gasteiger partial charge < -0.3 is 31.1 Å². The van der Waals surface area contributed by atoms with Gasteiger partial charge in [-0.3, -0.25) is 24.0 Å². The zero-order chi connectivity index (χ0) is 35.6. The molecule has 0 spiro atoms. The number of carbonyl (C=O) groups excluding carboxylic acids is 6. The number of fused-ring (bicyclic) bond motifs is 1. The van der Waals surface area contributed by atoms with E-state index in [9.17, 15) is 28.8 Å². The molecular weight excluding hydrogens is 600 g/mol. The summed E-state index contributed by atoms with van der Waals surface area (Å²) in [5.41, 5.74) is -1.27. The van der Waals surface area contributed by atoms with Crippen molar-refractivity contribution in [1.82, 2.24) is 31.1 Å². The molecule has 1 aliphatic heterocycles. The van der Waals surface area contributed by atoms with Crippen LogP contribution in [-0.2, 0) is 24.0 Å². The average Bonchev–Trinajstić information content (AvgIpc) is 3.85. The van der Waals surface area contributed by atoms with E-state index in [2.05, 4.69) is 41.7 Å². The highest BCUT2D eigenvalue weighted by Crippen LogP contribution is 2.65. The Labute approximate surface area is 280 Å². The molecule has 1 saturated heterocycles. The van der Waals surface area contributed by atoms with E-state index in [-0.39, 0.29) is 59.4 Å². The predicted octanol–water partition coefficient (Wildman–Crippen LogP) is 2.62. The minimum atomic E-state index is -1.03. The number of rotatable bonds is 14. The maximum atomic E-state index is 14.3. The summed E-state index contributed by atoms with van der Waals surface area (Å²) < 4.78 is 0. The Hall–Kier alpha value is -3.44. The van der Waals surface area contributed by atoms with Crippen molar-refractivity contribution in [2.45, 2.75) is 112 Å². The van der Waals surface area contributed by atoms with Crippen molar-refractivity contribution in [3.05, 3.63) is 12.7 Å². The molecule has 12 nitrogen and oxygen atoms in total. The number of hydrogen-bond donors (Lipinski definition) is 4. The highest BCUT2D eigenvalue weighted by molar-refractivity contribution is 6.38. The van der Waals surface area contributed by atoms with Crippen LogP contribution in [0.5, 0.6) is 0 Å². The fourth-order valence-electron chi connectivity index (χ4n) is 6.73. The second kappa shape index (κ2) is 14.4. The van der Waals surface area contributed by atoms with Crippen molar-refractivity contribution >= 4 is 35.4 Å². The third-order valence-corrected chi connectivity index (χ3v) is 10.1. The number of ketones is 1. The monoisotopic (exact) mass is 658 g/mol. The van der Waals surface area contributed by atoms with E-state index in [0.29, 0.717) is 19.5 Å². The standard InChI is InChI=1S/C35H58N6O6/c1-12-14-22(26(42)29(44)36-17-13-2)37-28(43)25-24-21(35(24,9)10)18-41(25)31(46)27(34(6,7)8)39-32(47)38-23(33(3,4)5)19-40(11)30(45)20-15-16-20/h13,20-25,27H,2,12,14-19H2,1,3-11H3,(H,36,44)(H,37,43)(H2,38,39,47)/t21-,22?,23-,24-,25-,27+/m0/s1. The van der Waals surface area contributed by atoms with Crippen LogP contribution in [-0.4, -0.2) is 96.1 Å². The van der Waals surface area contributed by atoms with Crippen LogP contribution in [0.2, 0.25) is 0 Å². The summed E-state index contributed by atoms with van der Waals surface area (Å²) in [4.78, 5) is 83.1. The fraction of sp³-hybridized carbons (Fsp3) is 0.771. The smallest absolute Gasteiger partial charge is 0.315 e. The number of likely N-dealkylation sites (tertiary alicyclic amines) is 1. The Morgan fingerprint density at radius 1 is 0.979 bits per heavy atom. The minimum Gasteiger partial charge on any atom is -0.346 e. The molecule has 2 aliphatic carbocycles. The average molecular weight is 659 g/mol. The first-order chi connectivity index (χ1) is 21.7. The maximum Gasteiger partial charge on any atom is 0.315 e. The van der Waals surface area contributed by atoms with E-state index >= 15 is 0 Å². The molecule has 3 aliphatic rings. The number of likely N-dealkylation sites (N-methyl/N-ethyl adjacent to an activating group) is 1. The van der Waals surface area contributed by atoms with Crippen molar-refractivity contribution in [2.24, 2.45) is 34.0 Å². The summed E-state index contributed by atoms with van der Waals surface area (Å²) in [6, 6.07) is -3.78. The van der Waals surface area contributed by atoms with Crippen molar-refractivity contribution in [1.29, 1.82) is 0 Å². The lowest BCUT2D eigenvalue weighted by atomic mass is 9.85. The lowest BCUT2D eigenvalue weighted by Crippen LogP contribution is -2.62. The second-order valence-corrected chi connectivity index (χ2v) is 16.4. The topological polar surface area (TPSA) is 157 Å². The van der Waals surface area contributed by atoms with Crippen LogP contribution in [0.3, 0.4) is 0 Å². The molecule has 1 unspecified atom stereocenters. The molecule has 47 heavy (non-hydrogen) atoms. The van der Waals surface area contributed by atoms with Crippen LogP contribution in [0.15, 0.2) is 12.7 Å². The van der Waals surface area contributed by atoms with Crippen molar-refractivity contribution in [3.63, 3.8) is 0 Å². The van der Waals surface area contributed by atoms with E-state index in [1.165, 1.54) is 6.08 Å². The van der Waals surface area contributed by atoms with E-state index < -0.39 is 47.2 Å². The van der Waals surface area contributed by atoms with E-state index in [1.54, 1.807) is 16.8 Å². The summed E-state index contributed by atoms with van der Waals surface area (Å²) in [5.74, 6) is -2.32. The van der Waals surface area contributed by atoms with Gasteiger partial charge in [-0.2, -0.15) is 0 Å². The van der Waals surface area contributed by atoms with Gasteiger partial charge in [0, 0.05) is 32.6 Å². The zero-order valence-corrected chi connectivity index (χ0v) is 30.1. The van der Waals surface area contributed by atoms with E-state index in [4.69, 9.17) is 0 Å². The van der Waals surface area contributed by atoms with Crippen LogP contribution in [0.1, 0.15) is 88.0 Å². The number of carbonyl (C=O) groups is 6. The largest absolute Gasteiger partial charge is 0.346 e. The number of nitrogens with one attached hydrogen (secondary N) is 4. The molecule has 2 saturated carbocycles. The molecule has 0 aromatic heterocycles. The van der Waals surface area contributed by atoms with Gasteiger partial charge in [-0.05, 0) is 47.3 Å². The number of urea groups is 1. The van der Waals surface area contributed by atoms with Gasteiger partial charge in [0.15, 0.2) is 0 Å². The first-order valence-corrected chi connectivity index (χ1v) is 17.0. The molecule has 6 amide bonds. The molecule has 1 heterocycles. The highest BCUT2D eigenvalue weighted by Gasteiger charge is 2.70. The molecular formula is C35H58N6O6. The van der Waals surface area contributed by atoms with Gasteiger partial charge in [-0.1, -0.05) is 74.8 Å². The summed E-state index contributed by atoms with van der Waals surface area (Å²) >= 11 is 0. The summed E-state index contributed by atoms with van der Waals surface area (Å²) in [6.07, 6.45) is 4.07. The summed E-state index contributed by atoms with van der Waals surface area (Å²) in [5, 5.41) is 11.2. The number of piperidine rings is 1. The number of hydrogen-bond acceptors (Lipinski definition) is 6. The maximum absolute atomic E-state index is 14.3. The molecule has 3 fully saturated rings. The summed E-state index contributed by atoms with van der Waals surface area (Å²) in [7, 11) is 1.75.